The first-order chi connectivity index (χ1) is 71.2. The number of hydrogen-bond acceptors (Lipinski definition) is 12. The van der Waals surface area contributed by atoms with Crippen LogP contribution in [-0.4, -0.2) is 44.9 Å². The Labute approximate surface area is 834 Å². The van der Waals surface area contributed by atoms with Crippen LogP contribution in [0.4, 0.5) is 0 Å². The van der Waals surface area contributed by atoms with Gasteiger partial charge >= 0.3 is 0 Å². The van der Waals surface area contributed by atoms with E-state index in [9.17, 15) is 15.8 Å². The van der Waals surface area contributed by atoms with E-state index in [-0.39, 0.29) is 0 Å². The Morgan fingerprint density at radius 2 is 0.340 bits per heavy atom. The van der Waals surface area contributed by atoms with Crippen LogP contribution in [0.15, 0.2) is 510 Å². The van der Waals surface area contributed by atoms with Gasteiger partial charge < -0.3 is 0 Å². The highest BCUT2D eigenvalue weighted by Crippen LogP contribution is 2.45. The average molecular weight is 1840 g/mol. The molecule has 12 heteroatoms. The number of nitriles is 3. The van der Waals surface area contributed by atoms with Crippen LogP contribution in [-0.2, 0) is 0 Å². The summed E-state index contributed by atoms with van der Waals surface area (Å²) in [7, 11) is 0. The zero-order valence-corrected chi connectivity index (χ0v) is 77.9. The van der Waals surface area contributed by atoms with E-state index < -0.39 is 0 Å². The minimum absolute atomic E-state index is 0.625. The van der Waals surface area contributed by atoms with Crippen LogP contribution < -0.4 is 0 Å². The highest BCUT2D eigenvalue weighted by atomic mass is 15.1. The maximum Gasteiger partial charge on any atom is 0.164 e. The number of fused-ring (bicyclic) bond motifs is 3. The van der Waals surface area contributed by atoms with Crippen molar-refractivity contribution in [3.05, 3.63) is 526 Å². The van der Waals surface area contributed by atoms with Crippen LogP contribution in [0.5, 0.6) is 0 Å². The lowest BCUT2D eigenvalue weighted by Crippen LogP contribution is -2.00. The van der Waals surface area contributed by atoms with Crippen molar-refractivity contribution in [1.82, 2.24) is 44.9 Å². The Kier molecular flexibility index (Phi) is 25.4. The Bertz CT molecular complexity index is 8790. The Morgan fingerprint density at radius 3 is 0.688 bits per heavy atom. The van der Waals surface area contributed by atoms with E-state index in [2.05, 4.69) is 273 Å². The van der Waals surface area contributed by atoms with Crippen LogP contribution in [0.2, 0.25) is 0 Å². The molecule has 0 N–H and O–H groups in total. The van der Waals surface area contributed by atoms with Crippen LogP contribution in [0.1, 0.15) is 16.7 Å². The SMILES string of the molecule is N#Cc1ccc(-c2ccc(-c3ccc(-c4cccc(-c5nc(-c6ccccc6)nc(-c6ccccc6)n5)c4)cc3)c3ccccc23)cc1.N#Cc1cccc(-c2ccc(-c3ccc4ccccc4c3-c3ccc(-c4nc(-c5ccccc5)nc(-c5ccccc5)n4)cc3)cc2)c1.N#Cc1cccc(-c2cccc(-c3ccc4ccccc4c3-c3ccc(-c4nc(-c5ccccc5)nc(-c5ccccc5)n4)cc3)c2)c1. The molecule has 0 radical (unpaired) electrons. The fraction of sp³-hybridized carbons (Fsp3) is 0. The molecule has 672 valence electrons. The Morgan fingerprint density at radius 1 is 0.125 bits per heavy atom. The molecule has 0 aliphatic heterocycles. The highest BCUT2D eigenvalue weighted by molar-refractivity contribution is 6.08. The van der Waals surface area contributed by atoms with Crippen molar-refractivity contribution >= 4 is 32.3 Å². The molecule has 0 bridgehead atoms. The molecule has 3 aromatic heterocycles. The summed E-state index contributed by atoms with van der Waals surface area (Å²) in [6, 6.07) is 180. The molecule has 0 fully saturated rings. The smallest absolute Gasteiger partial charge is 0.164 e. The summed E-state index contributed by atoms with van der Waals surface area (Å²) in [6.45, 7) is 0. The van der Waals surface area contributed by atoms with Gasteiger partial charge in [0.25, 0.3) is 0 Å². The van der Waals surface area contributed by atoms with Crippen molar-refractivity contribution in [1.29, 1.82) is 15.8 Å². The van der Waals surface area contributed by atoms with Gasteiger partial charge in [-0.25, -0.2) is 44.9 Å². The number of benzene rings is 21. The summed E-state index contributed by atoms with van der Waals surface area (Å²) < 4.78 is 0. The molecule has 12 nitrogen and oxygen atoms in total. The third-order valence-corrected chi connectivity index (χ3v) is 25.7. The maximum atomic E-state index is 9.47. The van der Waals surface area contributed by atoms with Gasteiger partial charge in [-0.05, 0) is 181 Å². The van der Waals surface area contributed by atoms with Gasteiger partial charge in [0.05, 0.1) is 34.9 Å². The number of rotatable bonds is 18. The van der Waals surface area contributed by atoms with E-state index in [1.54, 1.807) is 0 Å². The standard InChI is InChI=1S/3C44H28N4/c45-29-30-11-9-17-36(27-30)37-18-10-19-38(28-37)40-26-25-31-12-7-8-20-39(31)41(40)32-21-23-35(24-22-32)44-47-42(33-13-3-1-4-14-33)46-43(48-44)34-15-5-2-6-16-34;45-29-30-10-9-16-38(28-30)31-18-20-33(21-19-31)40-27-26-32-11-7-8-17-39(32)41(40)34-22-24-37(25-23-34)44-47-42(35-12-3-1-4-13-35)46-43(48-44)36-14-5-2-6-15-36;45-29-30-18-20-32(21-19-30)38-26-27-39(41-17-8-7-16-40(38)41)33-24-22-31(23-25-33)36-14-9-15-37(28-36)44-47-42(34-10-3-1-4-11-34)46-43(48-44)35-12-5-2-6-13-35/h3*1-28H. The highest BCUT2D eigenvalue weighted by Gasteiger charge is 2.22. The monoisotopic (exact) mass is 1840 g/mol. The zero-order chi connectivity index (χ0) is 96.9. The molecule has 0 aliphatic carbocycles. The minimum atomic E-state index is 0.625. The summed E-state index contributed by atoms with van der Waals surface area (Å²) in [4.78, 5) is 44.1. The lowest BCUT2D eigenvalue weighted by molar-refractivity contribution is 1.07. The lowest BCUT2D eigenvalue weighted by Gasteiger charge is -2.16. The van der Waals surface area contributed by atoms with E-state index in [0.717, 1.165) is 139 Å². The molecule has 0 aliphatic rings. The van der Waals surface area contributed by atoms with Gasteiger partial charge in [-0.1, -0.05) is 461 Å². The quantitative estimate of drug-likeness (QED) is 0.0792. The maximum absolute atomic E-state index is 9.47. The van der Waals surface area contributed by atoms with Crippen molar-refractivity contribution in [2.45, 2.75) is 0 Å². The topological polar surface area (TPSA) is 187 Å². The summed E-state index contributed by atoms with van der Waals surface area (Å²) in [5, 5.41) is 35.2. The summed E-state index contributed by atoms with van der Waals surface area (Å²) in [5.41, 5.74) is 30.4. The predicted molar refractivity (Wildman–Crippen MR) is 584 cm³/mol. The first-order valence-electron chi connectivity index (χ1n) is 47.5. The van der Waals surface area contributed by atoms with Crippen LogP contribution in [0, 0.1) is 34.0 Å². The molecule has 0 spiro atoms. The summed E-state index contributed by atoms with van der Waals surface area (Å²) >= 11 is 0. The first-order valence-corrected chi connectivity index (χ1v) is 47.5. The first kappa shape index (κ1) is 89.1. The molecule has 0 saturated carbocycles. The molecule has 24 aromatic rings. The van der Waals surface area contributed by atoms with Crippen LogP contribution in [0.25, 0.3) is 235 Å². The number of hydrogen-bond donors (Lipinski definition) is 0. The van der Waals surface area contributed by atoms with Crippen LogP contribution in [0.3, 0.4) is 0 Å². The van der Waals surface area contributed by atoms with E-state index >= 15 is 0 Å². The molecule has 21 aromatic carbocycles. The van der Waals surface area contributed by atoms with Crippen molar-refractivity contribution in [2.24, 2.45) is 0 Å². The molecule has 144 heavy (non-hydrogen) atoms. The molecule has 3 heterocycles. The minimum Gasteiger partial charge on any atom is -0.208 e. The largest absolute Gasteiger partial charge is 0.208 e. The van der Waals surface area contributed by atoms with E-state index in [4.69, 9.17) is 44.9 Å². The summed E-state index contributed by atoms with van der Waals surface area (Å²) in [6.07, 6.45) is 0. The predicted octanol–water partition coefficient (Wildman–Crippen LogP) is 32.7. The molecule has 24 rings (SSSR count). The lowest BCUT2D eigenvalue weighted by atomic mass is 9.88. The molecular formula is C132H84N12. The van der Waals surface area contributed by atoms with E-state index in [1.165, 1.54) is 43.4 Å². The normalized spacial score (nSPS) is 10.9. The second kappa shape index (κ2) is 41.1. The number of nitrogens with zero attached hydrogens (tertiary/aromatic N) is 12. The van der Waals surface area contributed by atoms with Gasteiger partial charge in [-0.3, -0.25) is 0 Å². The fourth-order valence-corrected chi connectivity index (χ4v) is 18.5. The fourth-order valence-electron chi connectivity index (χ4n) is 18.5. The number of aromatic nitrogens is 9. The van der Waals surface area contributed by atoms with Gasteiger partial charge in [0, 0.05) is 50.1 Å². The van der Waals surface area contributed by atoms with E-state index in [0.29, 0.717) is 69.1 Å². The van der Waals surface area contributed by atoms with Crippen molar-refractivity contribution < 1.29 is 0 Å². The Balaban J connectivity index is 0.000000123. The van der Waals surface area contributed by atoms with E-state index in [1.807, 2.05) is 255 Å². The Hall–Kier alpha value is -20.1. The van der Waals surface area contributed by atoms with Gasteiger partial charge in [0.1, 0.15) is 0 Å². The molecule has 0 unspecified atom stereocenters. The van der Waals surface area contributed by atoms with Gasteiger partial charge in [0.2, 0.25) is 0 Å². The molecule has 0 atom stereocenters. The van der Waals surface area contributed by atoms with Crippen molar-refractivity contribution in [3.63, 3.8) is 0 Å². The van der Waals surface area contributed by atoms with Crippen molar-refractivity contribution in [2.75, 3.05) is 0 Å². The van der Waals surface area contributed by atoms with Crippen molar-refractivity contribution in [3.8, 4) is 221 Å². The summed E-state index contributed by atoms with van der Waals surface area (Å²) in [5.74, 6) is 5.74. The zero-order valence-electron chi connectivity index (χ0n) is 77.9. The molecule has 0 saturated heterocycles. The third-order valence-electron chi connectivity index (χ3n) is 25.7. The van der Waals surface area contributed by atoms with Gasteiger partial charge in [-0.15, -0.1) is 0 Å². The van der Waals surface area contributed by atoms with Gasteiger partial charge in [0.15, 0.2) is 52.4 Å². The molecule has 0 amide bonds. The molecular weight excluding hydrogens is 1750 g/mol. The van der Waals surface area contributed by atoms with Gasteiger partial charge in [-0.2, -0.15) is 15.8 Å². The third kappa shape index (κ3) is 19.3. The second-order valence-corrected chi connectivity index (χ2v) is 34.8. The average Bonchev–Trinajstić information content (AvgIpc) is 0.769. The second-order valence-electron chi connectivity index (χ2n) is 34.8. The van der Waals surface area contributed by atoms with Crippen LogP contribution >= 0.6 is 0 Å².